The molecule has 0 radical (unpaired) electrons. The summed E-state index contributed by atoms with van der Waals surface area (Å²) in [6, 6.07) is 4.11. The summed E-state index contributed by atoms with van der Waals surface area (Å²) < 4.78 is 2.04. The van der Waals surface area contributed by atoms with E-state index < -0.39 is 0 Å². The van der Waals surface area contributed by atoms with Crippen molar-refractivity contribution in [2.24, 2.45) is 0 Å². The van der Waals surface area contributed by atoms with Crippen molar-refractivity contribution in [1.29, 1.82) is 0 Å². The third-order valence-electron chi connectivity index (χ3n) is 2.68. The molecule has 0 amide bonds. The zero-order valence-electron chi connectivity index (χ0n) is 9.98. The molecule has 0 aliphatic heterocycles. The molecule has 17 heavy (non-hydrogen) atoms. The highest BCUT2D eigenvalue weighted by Gasteiger charge is 2.19. The normalized spacial score (nSPS) is 12.9. The molecule has 0 saturated heterocycles. The number of aromatic nitrogens is 2. The quantitative estimate of drug-likeness (QED) is 0.902. The van der Waals surface area contributed by atoms with Crippen LogP contribution in [-0.4, -0.2) is 16.8 Å². The summed E-state index contributed by atoms with van der Waals surface area (Å²) in [5.41, 5.74) is 1.17. The average molecular weight is 270 g/mol. The summed E-state index contributed by atoms with van der Waals surface area (Å²) in [5, 5.41) is 10.5. The molecule has 3 nitrogen and oxygen atoms in total. The van der Waals surface area contributed by atoms with Crippen LogP contribution in [0.4, 0.5) is 0 Å². The van der Waals surface area contributed by atoms with Crippen molar-refractivity contribution >= 4 is 22.9 Å². The van der Waals surface area contributed by atoms with Crippen molar-refractivity contribution in [3.05, 3.63) is 39.3 Å². The van der Waals surface area contributed by atoms with E-state index in [2.05, 4.69) is 17.3 Å². The Morgan fingerprint density at radius 2 is 2.35 bits per heavy atom. The van der Waals surface area contributed by atoms with E-state index in [-0.39, 0.29) is 6.04 Å². The van der Waals surface area contributed by atoms with E-state index in [4.69, 9.17) is 11.6 Å². The first-order valence-electron chi connectivity index (χ1n) is 5.69. The maximum absolute atomic E-state index is 6.20. The lowest BCUT2D eigenvalue weighted by Crippen LogP contribution is -2.21. The molecular weight excluding hydrogens is 254 g/mol. The molecular formula is C12H16ClN3S. The van der Waals surface area contributed by atoms with Gasteiger partial charge < -0.3 is 5.32 Å². The lowest BCUT2D eigenvalue weighted by Gasteiger charge is -2.17. The molecule has 0 spiro atoms. The van der Waals surface area contributed by atoms with E-state index in [9.17, 15) is 0 Å². The van der Waals surface area contributed by atoms with Crippen LogP contribution in [-0.2, 0) is 6.54 Å². The summed E-state index contributed by atoms with van der Waals surface area (Å²) in [6.07, 6.45) is 2.92. The molecule has 1 unspecified atom stereocenters. The highest BCUT2D eigenvalue weighted by molar-refractivity contribution is 7.10. The molecule has 1 atom stereocenters. The monoisotopic (exact) mass is 269 g/mol. The van der Waals surface area contributed by atoms with E-state index in [0.29, 0.717) is 0 Å². The minimum absolute atomic E-state index is 0.122. The van der Waals surface area contributed by atoms with Crippen LogP contribution >= 0.6 is 22.9 Å². The van der Waals surface area contributed by atoms with Gasteiger partial charge in [0.2, 0.25) is 0 Å². The zero-order valence-corrected chi connectivity index (χ0v) is 11.6. The van der Waals surface area contributed by atoms with Gasteiger partial charge in [-0.05, 0) is 31.0 Å². The molecule has 0 fully saturated rings. The number of nitrogens with one attached hydrogen (secondary N) is 1. The molecule has 5 heteroatoms. The average Bonchev–Trinajstić information content (AvgIpc) is 2.92. The van der Waals surface area contributed by atoms with Gasteiger partial charge >= 0.3 is 0 Å². The minimum Gasteiger partial charge on any atom is -0.307 e. The molecule has 1 N–H and O–H groups in total. The first-order valence-corrected chi connectivity index (χ1v) is 6.95. The Morgan fingerprint density at radius 3 is 2.94 bits per heavy atom. The molecule has 92 valence electrons. The molecule has 0 aliphatic carbocycles. The molecule has 0 bridgehead atoms. The fourth-order valence-electron chi connectivity index (χ4n) is 1.91. The number of hydrogen-bond donors (Lipinski definition) is 1. The first-order chi connectivity index (χ1) is 8.27. The van der Waals surface area contributed by atoms with Gasteiger partial charge in [-0.25, -0.2) is 0 Å². The molecule has 0 aromatic carbocycles. The topological polar surface area (TPSA) is 29.9 Å². The predicted molar refractivity (Wildman–Crippen MR) is 72.7 cm³/mol. The van der Waals surface area contributed by atoms with Gasteiger partial charge in [0.05, 0.1) is 16.8 Å². The Labute approximate surface area is 110 Å². The maximum atomic E-state index is 6.20. The highest BCUT2D eigenvalue weighted by atomic mass is 35.5. The first kappa shape index (κ1) is 12.6. The Balaban J connectivity index is 2.35. The summed E-state index contributed by atoms with van der Waals surface area (Å²) >= 11 is 7.87. The van der Waals surface area contributed by atoms with Crippen LogP contribution in [0.3, 0.4) is 0 Å². The number of thiophene rings is 1. The fraction of sp³-hybridized carbons (Fsp3) is 0.417. The number of nitrogens with zero attached hydrogens (tertiary/aromatic N) is 2. The second kappa shape index (κ2) is 5.67. The lowest BCUT2D eigenvalue weighted by atomic mass is 10.1. The van der Waals surface area contributed by atoms with Gasteiger partial charge in [0.1, 0.15) is 0 Å². The minimum atomic E-state index is 0.122. The Bertz CT molecular complexity index is 478. The van der Waals surface area contributed by atoms with Crippen molar-refractivity contribution in [3.63, 3.8) is 0 Å². The van der Waals surface area contributed by atoms with Crippen LogP contribution in [0.2, 0.25) is 5.02 Å². The lowest BCUT2D eigenvalue weighted by molar-refractivity contribution is 0.538. The van der Waals surface area contributed by atoms with Gasteiger partial charge in [0, 0.05) is 17.6 Å². The van der Waals surface area contributed by atoms with Gasteiger partial charge in [0.25, 0.3) is 0 Å². The second-order valence-corrected chi connectivity index (χ2v) is 5.19. The number of halogens is 1. The Morgan fingerprint density at radius 1 is 1.53 bits per heavy atom. The van der Waals surface area contributed by atoms with Gasteiger partial charge in [-0.15, -0.1) is 11.3 Å². The van der Waals surface area contributed by atoms with Crippen LogP contribution in [0, 0.1) is 0 Å². The van der Waals surface area contributed by atoms with Crippen molar-refractivity contribution in [2.75, 3.05) is 7.05 Å². The molecule has 0 saturated carbocycles. The van der Waals surface area contributed by atoms with Gasteiger partial charge in [-0.2, -0.15) is 5.10 Å². The zero-order chi connectivity index (χ0) is 12.3. The third kappa shape index (κ3) is 2.54. The predicted octanol–water partition coefficient (Wildman–Crippen LogP) is 3.32. The molecule has 0 aliphatic rings. The van der Waals surface area contributed by atoms with E-state index in [0.717, 1.165) is 22.9 Å². The standard InChI is InChI=1S/C12H16ClN3S/c1-3-7-16-10(4-6-15-16)11(14-2)12-9(13)5-8-17-12/h4-6,8,11,14H,3,7H2,1-2H3. The molecule has 2 heterocycles. The van der Waals surface area contributed by atoms with E-state index in [1.165, 1.54) is 5.69 Å². The van der Waals surface area contributed by atoms with E-state index >= 15 is 0 Å². The van der Waals surface area contributed by atoms with Crippen LogP contribution in [0.1, 0.15) is 30.0 Å². The van der Waals surface area contributed by atoms with E-state index in [1.807, 2.05) is 35.4 Å². The molecule has 2 aromatic heterocycles. The summed E-state index contributed by atoms with van der Waals surface area (Å²) in [7, 11) is 1.95. The van der Waals surface area contributed by atoms with E-state index in [1.54, 1.807) is 11.3 Å². The van der Waals surface area contributed by atoms with Crippen LogP contribution in [0.15, 0.2) is 23.7 Å². The van der Waals surface area contributed by atoms with Crippen molar-refractivity contribution in [3.8, 4) is 0 Å². The SMILES string of the molecule is CCCn1nccc1C(NC)c1sccc1Cl. The van der Waals surface area contributed by atoms with Crippen LogP contribution < -0.4 is 5.32 Å². The Kier molecular flexibility index (Phi) is 4.20. The van der Waals surface area contributed by atoms with Crippen LogP contribution in [0.5, 0.6) is 0 Å². The van der Waals surface area contributed by atoms with Gasteiger partial charge in [0.15, 0.2) is 0 Å². The largest absolute Gasteiger partial charge is 0.307 e. The third-order valence-corrected chi connectivity index (χ3v) is 4.10. The number of rotatable bonds is 5. The fourth-order valence-corrected chi connectivity index (χ4v) is 3.20. The number of aryl methyl sites for hydroxylation is 1. The smallest absolute Gasteiger partial charge is 0.0854 e. The second-order valence-electron chi connectivity index (χ2n) is 3.83. The molecule has 2 aromatic rings. The van der Waals surface area contributed by atoms with Crippen molar-refractivity contribution < 1.29 is 0 Å². The summed E-state index contributed by atoms with van der Waals surface area (Å²) in [5.74, 6) is 0. The van der Waals surface area contributed by atoms with Crippen molar-refractivity contribution in [2.45, 2.75) is 25.9 Å². The van der Waals surface area contributed by atoms with Gasteiger partial charge in [-0.1, -0.05) is 18.5 Å². The van der Waals surface area contributed by atoms with Crippen molar-refractivity contribution in [1.82, 2.24) is 15.1 Å². The maximum Gasteiger partial charge on any atom is 0.0854 e. The molecule has 2 rings (SSSR count). The summed E-state index contributed by atoms with van der Waals surface area (Å²) in [6.45, 7) is 3.08. The summed E-state index contributed by atoms with van der Waals surface area (Å²) in [4.78, 5) is 1.15. The highest BCUT2D eigenvalue weighted by Crippen LogP contribution is 2.32. The number of hydrogen-bond acceptors (Lipinski definition) is 3. The Hall–Kier alpha value is -0.840. The van der Waals surface area contributed by atoms with Crippen LogP contribution in [0.25, 0.3) is 0 Å². The van der Waals surface area contributed by atoms with Gasteiger partial charge in [-0.3, -0.25) is 4.68 Å².